The van der Waals surface area contributed by atoms with Gasteiger partial charge in [0.25, 0.3) is 0 Å². The van der Waals surface area contributed by atoms with Gasteiger partial charge in [0.1, 0.15) is 29.5 Å². The van der Waals surface area contributed by atoms with E-state index in [2.05, 4.69) is 0 Å². The van der Waals surface area contributed by atoms with E-state index in [4.69, 9.17) is 14.2 Å². The minimum absolute atomic E-state index is 0.0652. The van der Waals surface area contributed by atoms with Crippen LogP contribution in [0.15, 0.2) is 53.4 Å². The predicted octanol–water partition coefficient (Wildman–Crippen LogP) is 3.16. The Morgan fingerprint density at radius 2 is 1.53 bits per heavy atom. The molecular formula is C20H17FO8S. The van der Waals surface area contributed by atoms with Crippen LogP contribution in [0.2, 0.25) is 0 Å². The Hall–Kier alpha value is -3.14. The number of sulfone groups is 1. The maximum Gasteiger partial charge on any atom is 0.509 e. The largest absolute Gasteiger partial charge is 0.509 e. The Kier molecular flexibility index (Phi) is 4.89. The van der Waals surface area contributed by atoms with Crippen LogP contribution in [0.25, 0.3) is 0 Å². The van der Waals surface area contributed by atoms with Crippen molar-refractivity contribution in [1.82, 2.24) is 0 Å². The van der Waals surface area contributed by atoms with Crippen LogP contribution < -0.4 is 4.74 Å². The zero-order valence-electron chi connectivity index (χ0n) is 15.5. The summed E-state index contributed by atoms with van der Waals surface area (Å²) in [7, 11) is -3.97. The third-order valence-corrected chi connectivity index (χ3v) is 7.17. The van der Waals surface area contributed by atoms with Crippen molar-refractivity contribution in [1.29, 1.82) is 0 Å². The first-order valence-corrected chi connectivity index (χ1v) is 10.7. The molecule has 2 aromatic rings. The summed E-state index contributed by atoms with van der Waals surface area (Å²) in [6.07, 6.45) is -2.68. The first-order chi connectivity index (χ1) is 14.2. The summed E-state index contributed by atoms with van der Waals surface area (Å²) in [5, 5.41) is 9.72. The van der Waals surface area contributed by atoms with Gasteiger partial charge in [-0.15, -0.1) is 0 Å². The van der Waals surface area contributed by atoms with Gasteiger partial charge in [-0.2, -0.15) is 0 Å². The minimum atomic E-state index is -3.97. The molecule has 2 unspecified atom stereocenters. The maximum absolute atomic E-state index is 13.0. The predicted molar refractivity (Wildman–Crippen MR) is 99.4 cm³/mol. The van der Waals surface area contributed by atoms with Crippen molar-refractivity contribution in [3.8, 4) is 11.5 Å². The quantitative estimate of drug-likeness (QED) is 0.687. The number of hydrogen-bond acceptors (Lipinski definition) is 7. The highest BCUT2D eigenvalue weighted by atomic mass is 32.2. The molecule has 8 nitrogen and oxygen atoms in total. The summed E-state index contributed by atoms with van der Waals surface area (Å²) in [4.78, 5) is 23.0. The second-order valence-corrected chi connectivity index (χ2v) is 9.33. The number of aliphatic carboxylic acids is 1. The van der Waals surface area contributed by atoms with Crippen LogP contribution in [0.5, 0.6) is 11.5 Å². The van der Waals surface area contributed by atoms with E-state index in [0.717, 1.165) is 0 Å². The van der Waals surface area contributed by atoms with Crippen molar-refractivity contribution in [3.05, 3.63) is 54.3 Å². The van der Waals surface area contributed by atoms with Crippen molar-refractivity contribution in [2.24, 2.45) is 5.41 Å². The summed E-state index contributed by atoms with van der Waals surface area (Å²) in [6.45, 7) is 0. The number of hydrogen-bond donors (Lipinski definition) is 1. The van der Waals surface area contributed by atoms with Gasteiger partial charge < -0.3 is 19.3 Å². The first kappa shape index (κ1) is 20.1. The number of halogens is 1. The fraction of sp³-hybridized carbons (Fsp3) is 0.300. The molecule has 2 atom stereocenters. The maximum atomic E-state index is 13.0. The van der Waals surface area contributed by atoms with Crippen LogP contribution in [0, 0.1) is 11.2 Å². The van der Waals surface area contributed by atoms with Crippen LogP contribution >= 0.6 is 0 Å². The first-order valence-electron chi connectivity index (χ1n) is 9.04. The zero-order valence-corrected chi connectivity index (χ0v) is 16.3. The van der Waals surface area contributed by atoms with E-state index in [0.29, 0.717) is 11.5 Å². The fourth-order valence-corrected chi connectivity index (χ4v) is 5.59. The van der Waals surface area contributed by atoms with Crippen molar-refractivity contribution in [2.75, 3.05) is 5.75 Å². The van der Waals surface area contributed by atoms with Crippen LogP contribution in [-0.4, -0.2) is 43.6 Å². The Balaban J connectivity index is 1.50. The van der Waals surface area contributed by atoms with Gasteiger partial charge in [-0.3, -0.25) is 4.79 Å². The molecule has 1 aliphatic carbocycles. The number of carboxylic acid groups (broad SMARTS) is 1. The van der Waals surface area contributed by atoms with Gasteiger partial charge in [0, 0.05) is 12.8 Å². The molecule has 0 radical (unpaired) electrons. The summed E-state index contributed by atoms with van der Waals surface area (Å²) in [5.74, 6) is -1.63. The molecule has 10 heteroatoms. The number of carboxylic acids is 1. The molecule has 0 amide bonds. The molecule has 30 heavy (non-hydrogen) atoms. The van der Waals surface area contributed by atoms with E-state index in [1.165, 1.54) is 48.5 Å². The Morgan fingerprint density at radius 1 is 1.03 bits per heavy atom. The molecule has 2 aromatic carbocycles. The molecule has 0 bridgehead atoms. The average molecular weight is 436 g/mol. The molecular weight excluding hydrogens is 419 g/mol. The standard InChI is InChI=1S/C20H17FO8S/c21-12-1-3-13(4-2-12)27-14-5-7-15(8-6-14)30(25,26)11-20(18(22)23)9-16-17(10-20)29-19(24)28-16/h1-8,16-17H,9-11H2,(H,22,23). The summed E-state index contributed by atoms with van der Waals surface area (Å²) in [6, 6.07) is 10.8. The Labute approximate surface area is 171 Å². The van der Waals surface area contributed by atoms with Gasteiger partial charge in [-0.05, 0) is 48.5 Å². The molecule has 1 N–H and O–H groups in total. The molecule has 0 spiro atoms. The number of ether oxygens (including phenoxy) is 3. The van der Waals surface area contributed by atoms with Gasteiger partial charge in [0.05, 0.1) is 16.1 Å². The lowest BCUT2D eigenvalue weighted by Crippen LogP contribution is -2.37. The number of carbonyl (C=O) groups excluding carboxylic acids is 1. The van der Waals surface area contributed by atoms with Gasteiger partial charge in [-0.1, -0.05) is 0 Å². The second kappa shape index (κ2) is 7.28. The van der Waals surface area contributed by atoms with Crippen LogP contribution in [-0.2, 0) is 24.1 Å². The summed E-state index contributed by atoms with van der Waals surface area (Å²) >= 11 is 0. The van der Waals surface area contributed by atoms with Gasteiger partial charge in [0.15, 0.2) is 9.84 Å². The highest BCUT2D eigenvalue weighted by molar-refractivity contribution is 7.91. The van der Waals surface area contributed by atoms with E-state index in [9.17, 15) is 27.5 Å². The van der Waals surface area contributed by atoms with Crippen molar-refractivity contribution >= 4 is 22.0 Å². The Bertz CT molecular complexity index is 1060. The molecule has 2 aliphatic rings. The van der Waals surface area contributed by atoms with E-state index in [1.807, 2.05) is 0 Å². The number of carbonyl (C=O) groups is 2. The summed E-state index contributed by atoms with van der Waals surface area (Å²) < 4.78 is 54.1. The molecule has 1 aliphatic heterocycles. The Morgan fingerprint density at radius 3 is 2.03 bits per heavy atom. The van der Waals surface area contributed by atoms with E-state index in [-0.39, 0.29) is 17.7 Å². The average Bonchev–Trinajstić information content (AvgIpc) is 3.18. The monoisotopic (exact) mass is 436 g/mol. The third-order valence-electron chi connectivity index (χ3n) is 5.25. The second-order valence-electron chi connectivity index (χ2n) is 7.34. The van der Waals surface area contributed by atoms with E-state index in [1.54, 1.807) is 0 Å². The highest BCUT2D eigenvalue weighted by Gasteiger charge is 2.58. The van der Waals surface area contributed by atoms with E-state index < -0.39 is 51.2 Å². The molecule has 1 heterocycles. The lowest BCUT2D eigenvalue weighted by molar-refractivity contribution is -0.148. The molecule has 1 saturated heterocycles. The fourth-order valence-electron chi connectivity index (χ4n) is 3.78. The molecule has 0 aromatic heterocycles. The summed E-state index contributed by atoms with van der Waals surface area (Å²) in [5.41, 5.74) is -1.61. The van der Waals surface area contributed by atoms with Gasteiger partial charge in [-0.25, -0.2) is 17.6 Å². The lowest BCUT2D eigenvalue weighted by atomic mass is 9.88. The van der Waals surface area contributed by atoms with Crippen LogP contribution in [0.1, 0.15) is 12.8 Å². The molecule has 158 valence electrons. The van der Waals surface area contributed by atoms with E-state index >= 15 is 0 Å². The van der Waals surface area contributed by atoms with Crippen LogP contribution in [0.3, 0.4) is 0 Å². The number of benzene rings is 2. The topological polar surface area (TPSA) is 116 Å². The van der Waals surface area contributed by atoms with Gasteiger partial charge >= 0.3 is 12.1 Å². The van der Waals surface area contributed by atoms with Gasteiger partial charge in [0.2, 0.25) is 0 Å². The van der Waals surface area contributed by atoms with Crippen LogP contribution in [0.4, 0.5) is 9.18 Å². The lowest BCUT2D eigenvalue weighted by Gasteiger charge is -2.24. The minimum Gasteiger partial charge on any atom is -0.481 e. The molecule has 1 saturated carbocycles. The normalized spacial score (nSPS) is 25.3. The smallest absolute Gasteiger partial charge is 0.481 e. The number of fused-ring (bicyclic) bond motifs is 1. The van der Waals surface area contributed by atoms with Crippen molar-refractivity contribution < 1.29 is 41.7 Å². The molecule has 4 rings (SSSR count). The SMILES string of the molecule is O=C1OC2CC(CS(=O)(=O)c3ccc(Oc4ccc(F)cc4)cc3)(C(=O)O)CC2O1. The third kappa shape index (κ3) is 3.82. The zero-order chi connectivity index (χ0) is 21.5. The highest BCUT2D eigenvalue weighted by Crippen LogP contribution is 2.46. The number of rotatable bonds is 6. The van der Waals surface area contributed by atoms with Crippen molar-refractivity contribution in [3.63, 3.8) is 0 Å². The van der Waals surface area contributed by atoms with Crippen molar-refractivity contribution in [2.45, 2.75) is 29.9 Å². The molecule has 2 fully saturated rings.